The van der Waals surface area contributed by atoms with E-state index >= 15 is 0 Å². The predicted molar refractivity (Wildman–Crippen MR) is 71.4 cm³/mol. The van der Waals surface area contributed by atoms with Crippen molar-refractivity contribution in [2.75, 3.05) is 0 Å². The summed E-state index contributed by atoms with van der Waals surface area (Å²) in [5.74, 6) is 0. The Morgan fingerprint density at radius 1 is 1.39 bits per heavy atom. The van der Waals surface area contributed by atoms with Crippen molar-refractivity contribution < 1.29 is 9.53 Å². The van der Waals surface area contributed by atoms with Crippen LogP contribution in [0.1, 0.15) is 24.6 Å². The van der Waals surface area contributed by atoms with E-state index < -0.39 is 0 Å². The molecule has 1 aromatic carbocycles. The van der Waals surface area contributed by atoms with Crippen molar-refractivity contribution in [3.8, 4) is 0 Å². The summed E-state index contributed by atoms with van der Waals surface area (Å²) in [6.45, 7) is 4.48. The summed E-state index contributed by atoms with van der Waals surface area (Å²) < 4.78 is 4.89. The van der Waals surface area contributed by atoms with Gasteiger partial charge in [-0.15, -0.1) is 0 Å². The molecule has 0 saturated heterocycles. The highest BCUT2D eigenvalue weighted by atomic mass is 16.5. The van der Waals surface area contributed by atoms with Gasteiger partial charge in [-0.05, 0) is 44.2 Å². The minimum atomic E-state index is -0.0654. The van der Waals surface area contributed by atoms with Gasteiger partial charge in [0.05, 0.1) is 6.10 Å². The molecule has 0 N–H and O–H groups in total. The molecular formula is C15H17NO2. The maximum atomic E-state index is 10.2. The standard InChI is InChI=1S/C15H17NO2/c1-11-3-5-13-7-8-16-15(14(13)9-11)6-4-12(2)18-10-17/h3,5,7-10,12H,4,6H2,1-2H3. The third kappa shape index (κ3) is 2.86. The van der Waals surface area contributed by atoms with E-state index in [1.54, 1.807) is 0 Å². The van der Waals surface area contributed by atoms with Crippen LogP contribution in [0.5, 0.6) is 0 Å². The molecular weight excluding hydrogens is 226 g/mol. The van der Waals surface area contributed by atoms with E-state index in [0.29, 0.717) is 6.47 Å². The Balaban J connectivity index is 2.22. The largest absolute Gasteiger partial charge is 0.465 e. The smallest absolute Gasteiger partial charge is 0.293 e. The zero-order valence-electron chi connectivity index (χ0n) is 10.7. The fourth-order valence-corrected chi connectivity index (χ4v) is 2.04. The lowest BCUT2D eigenvalue weighted by Crippen LogP contribution is -2.08. The zero-order chi connectivity index (χ0) is 13.0. The van der Waals surface area contributed by atoms with Crippen molar-refractivity contribution in [2.45, 2.75) is 32.8 Å². The molecule has 0 radical (unpaired) electrons. The van der Waals surface area contributed by atoms with Gasteiger partial charge in [-0.3, -0.25) is 9.78 Å². The number of fused-ring (bicyclic) bond motifs is 1. The molecule has 0 amide bonds. The molecule has 3 heteroatoms. The second kappa shape index (κ2) is 5.63. The van der Waals surface area contributed by atoms with E-state index in [4.69, 9.17) is 4.74 Å². The molecule has 0 bridgehead atoms. The van der Waals surface area contributed by atoms with Gasteiger partial charge in [-0.25, -0.2) is 0 Å². The molecule has 0 aliphatic carbocycles. The van der Waals surface area contributed by atoms with E-state index in [0.717, 1.165) is 18.5 Å². The molecule has 2 rings (SSSR count). The highest BCUT2D eigenvalue weighted by Crippen LogP contribution is 2.20. The summed E-state index contributed by atoms with van der Waals surface area (Å²) in [7, 11) is 0. The normalized spacial score (nSPS) is 12.3. The second-order valence-corrected chi connectivity index (χ2v) is 4.56. The molecule has 0 saturated carbocycles. The van der Waals surface area contributed by atoms with Gasteiger partial charge in [0.1, 0.15) is 0 Å². The van der Waals surface area contributed by atoms with E-state index in [-0.39, 0.29) is 6.10 Å². The Hall–Kier alpha value is -1.90. The van der Waals surface area contributed by atoms with E-state index in [1.807, 2.05) is 19.2 Å². The van der Waals surface area contributed by atoms with Crippen LogP contribution in [0.4, 0.5) is 0 Å². The fraction of sp³-hybridized carbons (Fsp3) is 0.333. The van der Waals surface area contributed by atoms with E-state index in [2.05, 4.69) is 30.1 Å². The van der Waals surface area contributed by atoms with Gasteiger partial charge in [0.15, 0.2) is 0 Å². The highest BCUT2D eigenvalue weighted by molar-refractivity contribution is 5.85. The number of hydrogen-bond donors (Lipinski definition) is 0. The fourth-order valence-electron chi connectivity index (χ4n) is 2.04. The number of carbonyl (C=O) groups excluding carboxylic acids is 1. The van der Waals surface area contributed by atoms with Gasteiger partial charge in [0, 0.05) is 17.3 Å². The Kier molecular flexibility index (Phi) is 3.92. The minimum absolute atomic E-state index is 0.0654. The third-order valence-electron chi connectivity index (χ3n) is 3.08. The maximum absolute atomic E-state index is 10.2. The summed E-state index contributed by atoms with van der Waals surface area (Å²) in [5.41, 5.74) is 2.30. The lowest BCUT2D eigenvalue weighted by Gasteiger charge is -2.10. The first kappa shape index (κ1) is 12.6. The molecule has 94 valence electrons. The maximum Gasteiger partial charge on any atom is 0.293 e. The summed E-state index contributed by atoms with van der Waals surface area (Å²) in [6.07, 6.45) is 3.37. The first-order chi connectivity index (χ1) is 8.70. The molecule has 1 heterocycles. The summed E-state index contributed by atoms with van der Waals surface area (Å²) in [5, 5.41) is 2.39. The average Bonchev–Trinajstić information content (AvgIpc) is 2.36. The summed E-state index contributed by atoms with van der Waals surface area (Å²) >= 11 is 0. The Bertz CT molecular complexity index is 551. The molecule has 18 heavy (non-hydrogen) atoms. The van der Waals surface area contributed by atoms with Gasteiger partial charge in [0.2, 0.25) is 0 Å². The SMILES string of the molecule is Cc1ccc2ccnc(CCC(C)OC=O)c2c1. The molecule has 1 atom stereocenters. The third-order valence-corrected chi connectivity index (χ3v) is 3.08. The van der Waals surface area contributed by atoms with Crippen molar-refractivity contribution >= 4 is 17.2 Å². The first-order valence-corrected chi connectivity index (χ1v) is 6.14. The quantitative estimate of drug-likeness (QED) is 0.758. The summed E-state index contributed by atoms with van der Waals surface area (Å²) in [6, 6.07) is 8.39. The van der Waals surface area contributed by atoms with Crippen LogP contribution in [-0.2, 0) is 16.0 Å². The average molecular weight is 243 g/mol. The Morgan fingerprint density at radius 3 is 3.00 bits per heavy atom. The molecule has 2 aromatic rings. The minimum Gasteiger partial charge on any atom is -0.465 e. The van der Waals surface area contributed by atoms with Gasteiger partial charge in [-0.1, -0.05) is 17.7 Å². The zero-order valence-corrected chi connectivity index (χ0v) is 10.7. The van der Waals surface area contributed by atoms with Crippen LogP contribution in [0.2, 0.25) is 0 Å². The van der Waals surface area contributed by atoms with Gasteiger partial charge < -0.3 is 4.74 Å². The molecule has 3 nitrogen and oxygen atoms in total. The second-order valence-electron chi connectivity index (χ2n) is 4.56. The lowest BCUT2D eigenvalue weighted by molar-refractivity contribution is -0.132. The monoisotopic (exact) mass is 243 g/mol. The highest BCUT2D eigenvalue weighted by Gasteiger charge is 2.06. The van der Waals surface area contributed by atoms with Crippen LogP contribution in [0, 0.1) is 6.92 Å². The van der Waals surface area contributed by atoms with Gasteiger partial charge >= 0.3 is 0 Å². The van der Waals surface area contributed by atoms with Crippen LogP contribution in [0.15, 0.2) is 30.5 Å². The molecule has 1 unspecified atom stereocenters. The van der Waals surface area contributed by atoms with E-state index in [9.17, 15) is 4.79 Å². The molecule has 0 spiro atoms. The van der Waals surface area contributed by atoms with Crippen molar-refractivity contribution in [1.29, 1.82) is 0 Å². The van der Waals surface area contributed by atoms with Crippen LogP contribution in [-0.4, -0.2) is 17.6 Å². The number of hydrogen-bond acceptors (Lipinski definition) is 3. The van der Waals surface area contributed by atoms with E-state index in [1.165, 1.54) is 16.3 Å². The molecule has 0 aliphatic heterocycles. The van der Waals surface area contributed by atoms with Gasteiger partial charge in [-0.2, -0.15) is 0 Å². The first-order valence-electron chi connectivity index (χ1n) is 6.14. The Labute approximate surface area is 107 Å². The number of pyridine rings is 1. The number of rotatable bonds is 5. The molecule has 1 aromatic heterocycles. The van der Waals surface area contributed by atoms with Crippen molar-refractivity contribution in [1.82, 2.24) is 4.98 Å². The van der Waals surface area contributed by atoms with Crippen LogP contribution in [0.25, 0.3) is 10.8 Å². The molecule has 0 aliphatic rings. The Morgan fingerprint density at radius 2 is 2.22 bits per heavy atom. The summed E-state index contributed by atoms with van der Waals surface area (Å²) in [4.78, 5) is 14.7. The number of aryl methyl sites for hydroxylation is 2. The van der Waals surface area contributed by atoms with Crippen LogP contribution >= 0.6 is 0 Å². The van der Waals surface area contributed by atoms with Crippen LogP contribution in [0.3, 0.4) is 0 Å². The van der Waals surface area contributed by atoms with Crippen molar-refractivity contribution in [3.05, 3.63) is 41.7 Å². The number of aromatic nitrogens is 1. The number of nitrogens with zero attached hydrogens (tertiary/aromatic N) is 1. The number of benzene rings is 1. The van der Waals surface area contributed by atoms with Crippen molar-refractivity contribution in [3.63, 3.8) is 0 Å². The van der Waals surface area contributed by atoms with Gasteiger partial charge in [0.25, 0.3) is 6.47 Å². The number of carbonyl (C=O) groups is 1. The molecule has 0 fully saturated rings. The lowest BCUT2D eigenvalue weighted by atomic mass is 10.0. The van der Waals surface area contributed by atoms with Crippen LogP contribution < -0.4 is 0 Å². The number of ether oxygens (including phenoxy) is 1. The van der Waals surface area contributed by atoms with Crippen molar-refractivity contribution in [2.24, 2.45) is 0 Å². The topological polar surface area (TPSA) is 39.2 Å². The predicted octanol–water partition coefficient (Wildman–Crippen LogP) is 3.04.